The predicted octanol–water partition coefficient (Wildman–Crippen LogP) is 5.18. The van der Waals surface area contributed by atoms with Gasteiger partial charge in [0.1, 0.15) is 17.8 Å². The summed E-state index contributed by atoms with van der Waals surface area (Å²) in [6, 6.07) is 5.20. The van der Waals surface area contributed by atoms with E-state index in [0.29, 0.717) is 13.1 Å². The molecule has 39 heavy (non-hydrogen) atoms. The number of aromatic nitrogens is 4. The van der Waals surface area contributed by atoms with Crippen LogP contribution < -0.4 is 4.74 Å². The third-order valence-corrected chi connectivity index (χ3v) is 10.2. The molecule has 0 spiro atoms. The van der Waals surface area contributed by atoms with Crippen LogP contribution in [0.1, 0.15) is 50.1 Å². The Morgan fingerprint density at radius 1 is 1.03 bits per heavy atom. The molecule has 0 amide bonds. The molecule has 1 atom stereocenters. The summed E-state index contributed by atoms with van der Waals surface area (Å²) in [6.07, 6.45) is 10.2. The molecule has 1 saturated carbocycles. The van der Waals surface area contributed by atoms with Gasteiger partial charge in [0, 0.05) is 48.0 Å². The van der Waals surface area contributed by atoms with Crippen molar-refractivity contribution < 1.29 is 21.9 Å². The molecule has 1 saturated heterocycles. The molecule has 11 heteroatoms. The lowest BCUT2D eigenvalue weighted by Crippen LogP contribution is -2.43. The molecule has 2 aliphatic rings. The van der Waals surface area contributed by atoms with Gasteiger partial charge >= 0.3 is 0 Å². The van der Waals surface area contributed by atoms with Crippen molar-refractivity contribution in [1.82, 2.24) is 24.2 Å². The fraction of sp³-hybridized carbons (Fsp3) is 0.464. The summed E-state index contributed by atoms with van der Waals surface area (Å²) < 4.78 is 60.9. The average Bonchev–Trinajstić information content (AvgIpc) is 3.42. The zero-order chi connectivity index (χ0) is 27.0. The SMILES string of the molecule is O=S(=O)(CC1CCC(c2ncnc3cnc4[nH]ccc4c23)CC1)N1CCCC(COc2ccc(F)cc2F)C1. The Morgan fingerprint density at radius 3 is 2.69 bits per heavy atom. The Kier molecular flexibility index (Phi) is 7.20. The summed E-state index contributed by atoms with van der Waals surface area (Å²) in [5, 5.41) is 2.04. The first-order chi connectivity index (χ1) is 18.9. The Morgan fingerprint density at radius 2 is 1.87 bits per heavy atom. The number of fused-ring (bicyclic) bond motifs is 3. The summed E-state index contributed by atoms with van der Waals surface area (Å²) in [4.78, 5) is 16.7. The summed E-state index contributed by atoms with van der Waals surface area (Å²) in [5.74, 6) is -0.996. The third kappa shape index (κ3) is 5.47. The van der Waals surface area contributed by atoms with Gasteiger partial charge in [0.2, 0.25) is 10.0 Å². The van der Waals surface area contributed by atoms with Gasteiger partial charge < -0.3 is 9.72 Å². The lowest BCUT2D eigenvalue weighted by atomic mass is 9.80. The molecule has 2 fully saturated rings. The molecule has 4 aromatic rings. The molecule has 206 valence electrons. The van der Waals surface area contributed by atoms with Gasteiger partial charge in [-0.2, -0.15) is 0 Å². The fourth-order valence-corrected chi connectivity index (χ4v) is 8.10. The number of nitrogens with zero attached hydrogens (tertiary/aromatic N) is 4. The minimum atomic E-state index is -3.43. The number of sulfonamides is 1. The van der Waals surface area contributed by atoms with E-state index < -0.39 is 21.7 Å². The van der Waals surface area contributed by atoms with Crippen LogP contribution in [0.4, 0.5) is 8.78 Å². The second kappa shape index (κ2) is 10.8. The van der Waals surface area contributed by atoms with Crippen LogP contribution in [0.3, 0.4) is 0 Å². The van der Waals surface area contributed by atoms with E-state index in [1.807, 2.05) is 12.3 Å². The molecular formula is C28H31F2N5O3S. The second-order valence-electron chi connectivity index (χ2n) is 10.8. The van der Waals surface area contributed by atoms with Crippen LogP contribution in [-0.4, -0.2) is 58.1 Å². The van der Waals surface area contributed by atoms with Gasteiger partial charge in [0.05, 0.1) is 29.8 Å². The van der Waals surface area contributed by atoms with E-state index in [1.54, 1.807) is 16.8 Å². The normalized spacial score (nSPS) is 22.9. The zero-order valence-corrected chi connectivity index (χ0v) is 22.3. The lowest BCUT2D eigenvalue weighted by Gasteiger charge is -2.34. The Balaban J connectivity index is 1.07. The van der Waals surface area contributed by atoms with Crippen molar-refractivity contribution in [3.8, 4) is 5.75 Å². The van der Waals surface area contributed by atoms with E-state index in [4.69, 9.17) is 4.74 Å². The number of hydrogen-bond acceptors (Lipinski definition) is 6. The molecule has 1 N–H and O–H groups in total. The maximum Gasteiger partial charge on any atom is 0.214 e. The van der Waals surface area contributed by atoms with Gasteiger partial charge in [-0.3, -0.25) is 0 Å². The van der Waals surface area contributed by atoms with Gasteiger partial charge in [0.15, 0.2) is 11.6 Å². The highest BCUT2D eigenvalue weighted by atomic mass is 32.2. The van der Waals surface area contributed by atoms with E-state index in [0.717, 1.165) is 78.3 Å². The molecule has 0 bridgehead atoms. The average molecular weight is 556 g/mol. The number of aromatic amines is 1. The molecule has 3 aromatic heterocycles. The zero-order valence-electron chi connectivity index (χ0n) is 21.5. The maximum absolute atomic E-state index is 13.9. The monoisotopic (exact) mass is 555 g/mol. The number of H-pyrrole nitrogens is 1. The van der Waals surface area contributed by atoms with Crippen LogP contribution in [0.2, 0.25) is 0 Å². The van der Waals surface area contributed by atoms with E-state index in [2.05, 4.69) is 19.9 Å². The van der Waals surface area contributed by atoms with Crippen molar-refractivity contribution in [2.24, 2.45) is 11.8 Å². The van der Waals surface area contributed by atoms with Crippen LogP contribution in [0.25, 0.3) is 21.9 Å². The molecule has 1 unspecified atom stereocenters. The van der Waals surface area contributed by atoms with Gasteiger partial charge in [-0.15, -0.1) is 0 Å². The first kappa shape index (κ1) is 26.1. The van der Waals surface area contributed by atoms with Crippen molar-refractivity contribution in [2.45, 2.75) is 44.4 Å². The number of benzene rings is 1. The van der Waals surface area contributed by atoms with Crippen LogP contribution in [0.5, 0.6) is 5.75 Å². The van der Waals surface area contributed by atoms with Gasteiger partial charge in [0.25, 0.3) is 0 Å². The molecule has 1 aliphatic heterocycles. The molecule has 0 radical (unpaired) electrons. The number of pyridine rings is 1. The van der Waals surface area contributed by atoms with E-state index in [-0.39, 0.29) is 35.9 Å². The number of rotatable bonds is 7. The lowest BCUT2D eigenvalue weighted by molar-refractivity contribution is 0.175. The summed E-state index contributed by atoms with van der Waals surface area (Å²) in [6.45, 7) is 1.04. The van der Waals surface area contributed by atoms with Gasteiger partial charge in [-0.05, 0) is 62.6 Å². The highest BCUT2D eigenvalue weighted by molar-refractivity contribution is 7.89. The van der Waals surface area contributed by atoms with Crippen molar-refractivity contribution in [3.05, 3.63) is 60.3 Å². The molecule has 1 aliphatic carbocycles. The quantitative estimate of drug-likeness (QED) is 0.337. The molecular weight excluding hydrogens is 524 g/mol. The topological polar surface area (TPSA) is 101 Å². The van der Waals surface area contributed by atoms with E-state index in [1.165, 1.54) is 6.07 Å². The highest BCUT2D eigenvalue weighted by Crippen LogP contribution is 2.39. The van der Waals surface area contributed by atoms with Crippen LogP contribution in [0, 0.1) is 23.5 Å². The highest BCUT2D eigenvalue weighted by Gasteiger charge is 2.34. The standard InChI is InChI=1S/C28H31F2N5O3S/c29-21-7-8-25(23(30)12-21)38-15-19-2-1-11-35(14-19)39(36,37)16-18-3-5-20(6-4-18)27-26-22-9-10-31-28(22)32-13-24(26)33-17-34-27/h7-10,12-13,17-20H,1-6,11,14-16H2,(H,31,32). The molecule has 4 heterocycles. The minimum Gasteiger partial charge on any atom is -0.490 e. The summed E-state index contributed by atoms with van der Waals surface area (Å²) in [5.41, 5.74) is 2.65. The number of halogens is 2. The van der Waals surface area contributed by atoms with Gasteiger partial charge in [-0.25, -0.2) is 36.5 Å². The molecule has 8 nitrogen and oxygen atoms in total. The Bertz CT molecular complexity index is 1590. The van der Waals surface area contributed by atoms with Crippen molar-refractivity contribution in [3.63, 3.8) is 0 Å². The van der Waals surface area contributed by atoms with E-state index >= 15 is 0 Å². The molecule has 6 rings (SSSR count). The predicted molar refractivity (Wildman–Crippen MR) is 144 cm³/mol. The number of hydrogen-bond donors (Lipinski definition) is 1. The van der Waals surface area contributed by atoms with E-state index in [9.17, 15) is 17.2 Å². The largest absolute Gasteiger partial charge is 0.490 e. The van der Waals surface area contributed by atoms with Crippen LogP contribution in [-0.2, 0) is 10.0 Å². The third-order valence-electron chi connectivity index (χ3n) is 8.14. The van der Waals surface area contributed by atoms with Crippen molar-refractivity contribution in [2.75, 3.05) is 25.4 Å². The first-order valence-corrected chi connectivity index (χ1v) is 15.1. The minimum absolute atomic E-state index is 0.0156. The smallest absolute Gasteiger partial charge is 0.214 e. The van der Waals surface area contributed by atoms with Crippen LogP contribution in [0.15, 0.2) is 43.0 Å². The van der Waals surface area contributed by atoms with Crippen molar-refractivity contribution >= 4 is 32.0 Å². The summed E-state index contributed by atoms with van der Waals surface area (Å²) in [7, 11) is -3.43. The van der Waals surface area contributed by atoms with Crippen LogP contribution >= 0.6 is 0 Å². The number of nitrogens with one attached hydrogen (secondary N) is 1. The number of ether oxygens (including phenoxy) is 1. The van der Waals surface area contributed by atoms with Crippen molar-refractivity contribution in [1.29, 1.82) is 0 Å². The van der Waals surface area contributed by atoms with Gasteiger partial charge in [-0.1, -0.05) is 0 Å². The molecule has 1 aromatic carbocycles. The number of piperidine rings is 1. The maximum atomic E-state index is 13.9. The Hall–Kier alpha value is -3.18. The Labute approximate surface area is 225 Å². The fourth-order valence-electron chi connectivity index (χ4n) is 6.11. The second-order valence-corrected chi connectivity index (χ2v) is 12.8. The first-order valence-electron chi connectivity index (χ1n) is 13.5. The summed E-state index contributed by atoms with van der Waals surface area (Å²) >= 11 is 0.